The van der Waals surface area contributed by atoms with E-state index in [1.54, 1.807) is 0 Å². The van der Waals surface area contributed by atoms with Crippen molar-refractivity contribution in [3.05, 3.63) is 0 Å². The zero-order chi connectivity index (χ0) is 12.7. The van der Waals surface area contributed by atoms with Gasteiger partial charge in [-0.3, -0.25) is 4.79 Å². The van der Waals surface area contributed by atoms with Gasteiger partial charge in [0, 0.05) is 11.7 Å². The topological polar surface area (TPSA) is 55.4 Å². The van der Waals surface area contributed by atoms with Gasteiger partial charge in [-0.1, -0.05) is 20.8 Å². The summed E-state index contributed by atoms with van der Waals surface area (Å²) in [6, 6.07) is -0.657. The molecule has 16 heavy (non-hydrogen) atoms. The van der Waals surface area contributed by atoms with Crippen molar-refractivity contribution in [3.63, 3.8) is 0 Å². The lowest BCUT2D eigenvalue weighted by Crippen LogP contribution is -2.45. The second-order valence-corrected chi connectivity index (χ2v) is 4.66. The number of ether oxygens (including phenoxy) is 1. The Labute approximate surface area is 103 Å². The number of esters is 1. The molecule has 0 spiro atoms. The lowest BCUT2D eigenvalue weighted by Gasteiger charge is -2.18. The van der Waals surface area contributed by atoms with Crippen LogP contribution in [0.5, 0.6) is 0 Å². The molecule has 0 aromatic carbocycles. The van der Waals surface area contributed by atoms with Crippen molar-refractivity contribution in [1.82, 2.24) is 5.32 Å². The third-order valence-electron chi connectivity index (χ3n) is 2.26. The zero-order valence-electron chi connectivity index (χ0n) is 10.3. The maximum atomic E-state index is 11.7. The van der Waals surface area contributed by atoms with Gasteiger partial charge in [0.1, 0.15) is 6.04 Å². The van der Waals surface area contributed by atoms with Crippen molar-refractivity contribution in [2.75, 3.05) is 12.9 Å². The number of methoxy groups -OCH3 is 1. The van der Waals surface area contributed by atoms with E-state index in [4.69, 9.17) is 0 Å². The van der Waals surface area contributed by atoms with E-state index in [0.717, 1.165) is 6.42 Å². The third-order valence-corrected chi connectivity index (χ3v) is 2.62. The Morgan fingerprint density at radius 2 is 1.88 bits per heavy atom. The number of hydrogen-bond acceptors (Lipinski definition) is 4. The lowest BCUT2D eigenvalue weighted by molar-refractivity contribution is -0.144. The van der Waals surface area contributed by atoms with Crippen LogP contribution in [-0.2, 0) is 14.3 Å². The molecule has 0 saturated heterocycles. The largest absolute Gasteiger partial charge is 0.467 e. The lowest BCUT2D eigenvalue weighted by atomic mass is 9.98. The first-order valence-electron chi connectivity index (χ1n) is 5.41. The van der Waals surface area contributed by atoms with Crippen molar-refractivity contribution in [2.24, 2.45) is 11.8 Å². The fourth-order valence-electron chi connectivity index (χ4n) is 1.45. The predicted molar refractivity (Wildman–Crippen MR) is 66.4 cm³/mol. The summed E-state index contributed by atoms with van der Waals surface area (Å²) < 4.78 is 4.56. The monoisotopic (exact) mass is 247 g/mol. The second kappa shape index (κ2) is 7.54. The van der Waals surface area contributed by atoms with Crippen molar-refractivity contribution < 1.29 is 14.3 Å². The minimum Gasteiger partial charge on any atom is -0.467 e. The molecular weight excluding hydrogens is 226 g/mol. The molecule has 0 saturated carbocycles. The molecule has 0 unspecified atom stereocenters. The Hall–Kier alpha value is -0.710. The predicted octanol–water partition coefficient (Wildman–Crippen LogP) is 1.26. The van der Waals surface area contributed by atoms with Crippen LogP contribution in [0.25, 0.3) is 0 Å². The highest BCUT2D eigenvalue weighted by molar-refractivity contribution is 7.80. The van der Waals surface area contributed by atoms with Crippen molar-refractivity contribution >= 4 is 24.5 Å². The van der Waals surface area contributed by atoms with Gasteiger partial charge in [-0.2, -0.15) is 12.6 Å². The smallest absolute Gasteiger partial charge is 0.329 e. The van der Waals surface area contributed by atoms with Crippen LogP contribution in [-0.4, -0.2) is 30.8 Å². The van der Waals surface area contributed by atoms with Gasteiger partial charge in [0.2, 0.25) is 5.91 Å². The number of hydrogen-bond donors (Lipinski definition) is 2. The van der Waals surface area contributed by atoms with Crippen LogP contribution in [0.15, 0.2) is 0 Å². The van der Waals surface area contributed by atoms with E-state index in [0.29, 0.717) is 5.92 Å². The molecule has 0 aromatic heterocycles. The average Bonchev–Trinajstić information content (AvgIpc) is 2.23. The van der Waals surface area contributed by atoms with Gasteiger partial charge < -0.3 is 10.1 Å². The number of carbonyl (C=O) groups is 2. The van der Waals surface area contributed by atoms with Crippen molar-refractivity contribution in [3.8, 4) is 0 Å². The van der Waals surface area contributed by atoms with Crippen LogP contribution < -0.4 is 5.32 Å². The maximum Gasteiger partial charge on any atom is 0.329 e. The van der Waals surface area contributed by atoms with Gasteiger partial charge in [-0.15, -0.1) is 0 Å². The van der Waals surface area contributed by atoms with Gasteiger partial charge in [0.05, 0.1) is 7.11 Å². The van der Waals surface area contributed by atoms with Gasteiger partial charge in [0.15, 0.2) is 0 Å². The highest BCUT2D eigenvalue weighted by Crippen LogP contribution is 2.11. The van der Waals surface area contributed by atoms with Crippen LogP contribution in [0.1, 0.15) is 27.2 Å². The van der Waals surface area contributed by atoms with Crippen LogP contribution >= 0.6 is 12.6 Å². The van der Waals surface area contributed by atoms with E-state index in [1.165, 1.54) is 7.11 Å². The molecule has 0 aromatic rings. The fraction of sp³-hybridized carbons (Fsp3) is 0.818. The molecule has 0 aliphatic rings. The van der Waals surface area contributed by atoms with Gasteiger partial charge >= 0.3 is 5.97 Å². The summed E-state index contributed by atoms with van der Waals surface area (Å²) in [5.74, 6) is 0.00548. The number of nitrogens with one attached hydrogen (secondary N) is 1. The van der Waals surface area contributed by atoms with E-state index in [-0.39, 0.29) is 17.6 Å². The van der Waals surface area contributed by atoms with Crippen molar-refractivity contribution in [2.45, 2.75) is 33.2 Å². The summed E-state index contributed by atoms with van der Waals surface area (Å²) in [4.78, 5) is 23.0. The van der Waals surface area contributed by atoms with Crippen LogP contribution in [0.2, 0.25) is 0 Å². The quantitative estimate of drug-likeness (QED) is 0.549. The highest BCUT2D eigenvalue weighted by atomic mass is 32.1. The normalized spacial score (nSPS) is 14.4. The molecule has 1 N–H and O–H groups in total. The van der Waals surface area contributed by atoms with Crippen LogP contribution in [0, 0.1) is 11.8 Å². The van der Waals surface area contributed by atoms with Gasteiger partial charge in [0.25, 0.3) is 0 Å². The highest BCUT2D eigenvalue weighted by Gasteiger charge is 2.23. The second-order valence-electron chi connectivity index (χ2n) is 4.30. The maximum absolute atomic E-state index is 11.7. The minimum atomic E-state index is -0.657. The van der Waals surface area contributed by atoms with Crippen LogP contribution in [0.3, 0.4) is 0 Å². The molecule has 94 valence electrons. The number of carbonyl (C=O) groups excluding carboxylic acids is 2. The molecule has 5 heteroatoms. The molecule has 0 rings (SSSR count). The first-order chi connectivity index (χ1) is 7.42. The van der Waals surface area contributed by atoms with Crippen LogP contribution in [0.4, 0.5) is 0 Å². The van der Waals surface area contributed by atoms with E-state index in [9.17, 15) is 9.59 Å². The molecule has 0 aliphatic heterocycles. The van der Waals surface area contributed by atoms with Gasteiger partial charge in [-0.05, 0) is 12.3 Å². The number of amides is 1. The Morgan fingerprint density at radius 3 is 2.25 bits per heavy atom. The van der Waals surface area contributed by atoms with E-state index in [1.807, 2.05) is 6.92 Å². The molecular formula is C11H21NO3S. The summed E-state index contributed by atoms with van der Waals surface area (Å²) in [5, 5.41) is 2.63. The number of rotatable bonds is 6. The number of thiol groups is 1. The molecule has 0 radical (unpaired) electrons. The molecule has 1 amide bonds. The Kier molecular flexibility index (Phi) is 7.21. The third kappa shape index (κ3) is 5.39. The Morgan fingerprint density at radius 1 is 1.31 bits per heavy atom. The molecule has 0 fully saturated rings. The molecule has 4 nitrogen and oxygen atoms in total. The van der Waals surface area contributed by atoms with Crippen molar-refractivity contribution in [1.29, 1.82) is 0 Å². The Balaban J connectivity index is 4.24. The van der Waals surface area contributed by atoms with Gasteiger partial charge in [-0.25, -0.2) is 4.79 Å². The molecule has 0 heterocycles. The SMILES string of the molecule is COC(=O)[C@H](CS)NC(=O)[C@@H](C)CC(C)C. The summed E-state index contributed by atoms with van der Waals surface area (Å²) in [6.45, 7) is 5.96. The van der Waals surface area contributed by atoms with E-state index >= 15 is 0 Å². The summed E-state index contributed by atoms with van der Waals surface area (Å²) in [5.41, 5.74) is 0. The summed E-state index contributed by atoms with van der Waals surface area (Å²) in [6.07, 6.45) is 0.798. The minimum absolute atomic E-state index is 0.105. The molecule has 2 atom stereocenters. The zero-order valence-corrected chi connectivity index (χ0v) is 11.2. The molecule has 0 aliphatic carbocycles. The standard InChI is InChI=1S/C11H21NO3S/c1-7(2)5-8(3)10(13)12-9(6-16)11(14)15-4/h7-9,16H,5-6H2,1-4H3,(H,12,13)/t8-,9-/m0/s1. The first kappa shape index (κ1) is 15.3. The fourth-order valence-corrected chi connectivity index (χ4v) is 1.69. The first-order valence-corrected chi connectivity index (χ1v) is 6.04. The van der Waals surface area contributed by atoms with E-state index in [2.05, 4.69) is 36.5 Å². The van der Waals surface area contributed by atoms with E-state index < -0.39 is 12.0 Å². The Bertz CT molecular complexity index is 243. The molecule has 0 bridgehead atoms. The average molecular weight is 247 g/mol. The summed E-state index contributed by atoms with van der Waals surface area (Å²) in [7, 11) is 1.29. The summed E-state index contributed by atoms with van der Waals surface area (Å²) >= 11 is 4.01.